The number of hydrogen-bond donors (Lipinski definition) is 0. The summed E-state index contributed by atoms with van der Waals surface area (Å²) in [5.74, 6) is 0. The molecule has 0 aliphatic heterocycles. The van der Waals surface area contributed by atoms with Gasteiger partial charge in [0.05, 0.1) is 15.0 Å². The highest BCUT2D eigenvalue weighted by Gasteiger charge is 2.12. The van der Waals surface area contributed by atoms with Crippen LogP contribution in [0.1, 0.15) is 11.1 Å². The van der Waals surface area contributed by atoms with E-state index in [0.29, 0.717) is 0 Å². The molecule has 98 valence electrons. The van der Waals surface area contributed by atoms with Crippen molar-refractivity contribution in [2.75, 3.05) is 18.2 Å². The molecule has 0 spiro atoms. The summed E-state index contributed by atoms with van der Waals surface area (Å²) < 4.78 is 1.13. The van der Waals surface area contributed by atoms with Gasteiger partial charge >= 0.3 is 0 Å². The average molecular weight is 353 g/mol. The summed E-state index contributed by atoms with van der Waals surface area (Å²) in [6.45, 7) is 0.800. The van der Waals surface area contributed by atoms with Gasteiger partial charge in [-0.05, 0) is 51.3 Å². The Bertz CT molecular complexity index is 616. The first-order chi connectivity index (χ1) is 9.15. The fourth-order valence-electron chi connectivity index (χ4n) is 1.91. The third kappa shape index (κ3) is 3.33. The number of rotatable bonds is 4. The number of thiophene rings is 1. The fraction of sp³-hybridized carbons (Fsp3) is 0.214. The quantitative estimate of drug-likeness (QED) is 0.743. The van der Waals surface area contributed by atoms with Crippen LogP contribution in [0.5, 0.6) is 0 Å². The van der Waals surface area contributed by atoms with Gasteiger partial charge in [-0.2, -0.15) is 5.26 Å². The van der Waals surface area contributed by atoms with Crippen molar-refractivity contribution < 1.29 is 0 Å². The van der Waals surface area contributed by atoms with Crippen molar-refractivity contribution in [2.24, 2.45) is 0 Å². The Morgan fingerprint density at radius 3 is 2.84 bits per heavy atom. The molecule has 0 amide bonds. The maximum atomic E-state index is 9.35. The van der Waals surface area contributed by atoms with Gasteiger partial charge in [0, 0.05) is 18.5 Å². The first kappa shape index (κ1) is 14.4. The minimum absolute atomic E-state index is 0.756. The van der Waals surface area contributed by atoms with Crippen LogP contribution in [0.4, 0.5) is 5.69 Å². The molecule has 19 heavy (non-hydrogen) atoms. The zero-order chi connectivity index (χ0) is 13.8. The predicted octanol–water partition coefficient (Wildman–Crippen LogP) is 4.74. The largest absolute Gasteiger partial charge is 0.369 e. The van der Waals surface area contributed by atoms with Crippen LogP contribution in [0.25, 0.3) is 0 Å². The maximum Gasteiger partial charge on any atom is 0.103 e. The Kier molecular flexibility index (Phi) is 4.92. The van der Waals surface area contributed by atoms with Crippen molar-refractivity contribution in [1.29, 1.82) is 5.26 Å². The standard InChI is InChI=1S/C14H13BrN2S2/c1-17(8-10-6-14(15)19-9-10)12-4-3-5-13(18-2)11(12)7-16/h3-6,9H,8H2,1-2H3. The molecule has 0 saturated heterocycles. The van der Waals surface area contributed by atoms with E-state index in [1.807, 2.05) is 31.5 Å². The minimum Gasteiger partial charge on any atom is -0.369 e. The van der Waals surface area contributed by atoms with Crippen molar-refractivity contribution >= 4 is 44.7 Å². The molecule has 0 aliphatic rings. The van der Waals surface area contributed by atoms with Gasteiger partial charge in [0.2, 0.25) is 0 Å². The highest BCUT2D eigenvalue weighted by Crippen LogP contribution is 2.30. The van der Waals surface area contributed by atoms with E-state index in [2.05, 4.69) is 38.3 Å². The maximum absolute atomic E-state index is 9.35. The number of hydrogen-bond acceptors (Lipinski definition) is 4. The molecule has 5 heteroatoms. The zero-order valence-corrected chi connectivity index (χ0v) is 13.9. The van der Waals surface area contributed by atoms with Crippen LogP contribution in [-0.2, 0) is 6.54 Å². The highest BCUT2D eigenvalue weighted by molar-refractivity contribution is 9.11. The van der Waals surface area contributed by atoms with Gasteiger partial charge < -0.3 is 4.90 Å². The fourth-order valence-corrected chi connectivity index (χ4v) is 3.68. The molecule has 2 aromatic rings. The Labute approximate surface area is 130 Å². The third-order valence-corrected chi connectivity index (χ3v) is 5.12. The van der Waals surface area contributed by atoms with Crippen LogP contribution in [0.2, 0.25) is 0 Å². The van der Waals surface area contributed by atoms with Crippen LogP contribution in [-0.4, -0.2) is 13.3 Å². The number of thioether (sulfide) groups is 1. The molecule has 1 aromatic carbocycles. The predicted molar refractivity (Wildman–Crippen MR) is 87.1 cm³/mol. The van der Waals surface area contributed by atoms with Crippen LogP contribution in [0, 0.1) is 11.3 Å². The molecule has 0 radical (unpaired) electrons. The number of nitriles is 1. The number of halogens is 1. The molecular formula is C14H13BrN2S2. The summed E-state index contributed by atoms with van der Waals surface area (Å²) in [6, 6.07) is 10.4. The minimum atomic E-state index is 0.756. The summed E-state index contributed by atoms with van der Waals surface area (Å²) in [7, 11) is 2.02. The molecule has 0 aliphatic carbocycles. The second-order valence-electron chi connectivity index (χ2n) is 4.08. The second kappa shape index (κ2) is 6.47. The first-order valence-electron chi connectivity index (χ1n) is 5.67. The van der Waals surface area contributed by atoms with E-state index in [1.54, 1.807) is 23.1 Å². The van der Waals surface area contributed by atoms with Gasteiger partial charge in [-0.15, -0.1) is 23.1 Å². The molecule has 2 rings (SSSR count). The number of nitrogens with zero attached hydrogens (tertiary/aromatic N) is 2. The molecule has 0 unspecified atom stereocenters. The SMILES string of the molecule is CSc1cccc(N(C)Cc2csc(Br)c2)c1C#N. The molecule has 0 bridgehead atoms. The molecule has 0 fully saturated rings. The molecule has 1 aromatic heterocycles. The highest BCUT2D eigenvalue weighted by atomic mass is 79.9. The Balaban J connectivity index is 2.29. The molecule has 0 N–H and O–H groups in total. The van der Waals surface area contributed by atoms with Gasteiger partial charge in [-0.1, -0.05) is 6.07 Å². The van der Waals surface area contributed by atoms with E-state index in [-0.39, 0.29) is 0 Å². The summed E-state index contributed by atoms with van der Waals surface area (Å²) >= 11 is 6.76. The summed E-state index contributed by atoms with van der Waals surface area (Å²) in [6.07, 6.45) is 2.00. The van der Waals surface area contributed by atoms with Gasteiger partial charge in [0.25, 0.3) is 0 Å². The van der Waals surface area contributed by atoms with E-state index in [4.69, 9.17) is 0 Å². The Morgan fingerprint density at radius 1 is 1.47 bits per heavy atom. The van der Waals surface area contributed by atoms with Crippen LogP contribution in [0.15, 0.2) is 38.3 Å². The lowest BCUT2D eigenvalue weighted by Crippen LogP contribution is -2.17. The van der Waals surface area contributed by atoms with E-state index in [1.165, 1.54) is 5.56 Å². The average Bonchev–Trinajstić information content (AvgIpc) is 2.82. The van der Waals surface area contributed by atoms with Crippen molar-refractivity contribution in [3.63, 3.8) is 0 Å². The Morgan fingerprint density at radius 2 is 2.26 bits per heavy atom. The normalized spacial score (nSPS) is 10.2. The lowest BCUT2D eigenvalue weighted by atomic mass is 10.1. The zero-order valence-electron chi connectivity index (χ0n) is 10.7. The van der Waals surface area contributed by atoms with E-state index < -0.39 is 0 Å². The summed E-state index contributed by atoms with van der Waals surface area (Å²) in [4.78, 5) is 3.14. The first-order valence-corrected chi connectivity index (χ1v) is 8.56. The number of benzene rings is 1. The monoisotopic (exact) mass is 352 g/mol. The van der Waals surface area contributed by atoms with Crippen molar-refractivity contribution in [3.8, 4) is 6.07 Å². The number of anilines is 1. The van der Waals surface area contributed by atoms with Crippen LogP contribution in [0.3, 0.4) is 0 Å². The van der Waals surface area contributed by atoms with E-state index >= 15 is 0 Å². The van der Waals surface area contributed by atoms with Gasteiger partial charge in [0.15, 0.2) is 0 Å². The molecule has 1 heterocycles. The molecule has 0 atom stereocenters. The molecule has 2 nitrogen and oxygen atoms in total. The van der Waals surface area contributed by atoms with Gasteiger partial charge in [0.1, 0.15) is 6.07 Å². The van der Waals surface area contributed by atoms with Gasteiger partial charge in [-0.3, -0.25) is 0 Å². The summed E-state index contributed by atoms with van der Waals surface area (Å²) in [5.41, 5.74) is 2.99. The van der Waals surface area contributed by atoms with Crippen molar-refractivity contribution in [1.82, 2.24) is 0 Å². The third-order valence-electron chi connectivity index (χ3n) is 2.79. The smallest absolute Gasteiger partial charge is 0.103 e. The lowest BCUT2D eigenvalue weighted by molar-refractivity contribution is 0.921. The summed E-state index contributed by atoms with van der Waals surface area (Å²) in [5, 5.41) is 11.5. The second-order valence-corrected chi connectivity index (χ2v) is 7.22. The van der Waals surface area contributed by atoms with Crippen LogP contribution >= 0.6 is 39.0 Å². The Hall–Kier alpha value is -0.960. The van der Waals surface area contributed by atoms with E-state index in [9.17, 15) is 5.26 Å². The molecule has 0 saturated carbocycles. The van der Waals surface area contributed by atoms with Gasteiger partial charge in [-0.25, -0.2) is 0 Å². The van der Waals surface area contributed by atoms with Crippen molar-refractivity contribution in [2.45, 2.75) is 11.4 Å². The van der Waals surface area contributed by atoms with Crippen molar-refractivity contribution in [3.05, 3.63) is 44.6 Å². The van der Waals surface area contributed by atoms with E-state index in [0.717, 1.165) is 26.5 Å². The van der Waals surface area contributed by atoms with Crippen LogP contribution < -0.4 is 4.90 Å². The topological polar surface area (TPSA) is 27.0 Å². The molecular weight excluding hydrogens is 340 g/mol. The lowest BCUT2D eigenvalue weighted by Gasteiger charge is -2.21.